The molecule has 0 saturated heterocycles. The van der Waals surface area contributed by atoms with Gasteiger partial charge in [0.15, 0.2) is 23.0 Å². The molecule has 0 aliphatic heterocycles. The van der Waals surface area contributed by atoms with E-state index in [1.165, 1.54) is 6.07 Å². The Hall–Kier alpha value is -2.44. The fourth-order valence-corrected chi connectivity index (χ4v) is 4.19. The number of phenols is 4. The van der Waals surface area contributed by atoms with Crippen LogP contribution in [0.15, 0.2) is 30.3 Å². The number of unbranched alkanes of at least 4 members (excludes halogenated alkanes) is 2. The Morgan fingerprint density at radius 1 is 0.867 bits per heavy atom. The summed E-state index contributed by atoms with van der Waals surface area (Å²) < 4.78 is 0. The zero-order valence-electron chi connectivity index (χ0n) is 17.5. The maximum atomic E-state index is 9.70. The monoisotopic (exact) mass is 414 g/mol. The molecule has 0 bridgehead atoms. The SMILES string of the molecule is NC(CCCCCNC1CCc2cc(O)c(O)cc2C1)CCc1ccc(O)c(O)c1. The summed E-state index contributed by atoms with van der Waals surface area (Å²) in [5.41, 5.74) is 9.48. The van der Waals surface area contributed by atoms with Crippen molar-refractivity contribution in [2.45, 2.75) is 69.9 Å². The first-order valence-electron chi connectivity index (χ1n) is 11.0. The van der Waals surface area contributed by atoms with Gasteiger partial charge in [-0.25, -0.2) is 0 Å². The summed E-state index contributed by atoms with van der Waals surface area (Å²) in [4.78, 5) is 0. The van der Waals surface area contributed by atoms with E-state index in [2.05, 4.69) is 5.32 Å². The van der Waals surface area contributed by atoms with Crippen LogP contribution >= 0.6 is 0 Å². The number of aromatic hydroxyl groups is 4. The van der Waals surface area contributed by atoms with Crippen LogP contribution in [0.25, 0.3) is 0 Å². The van der Waals surface area contributed by atoms with Gasteiger partial charge in [-0.3, -0.25) is 0 Å². The highest BCUT2D eigenvalue weighted by atomic mass is 16.3. The van der Waals surface area contributed by atoms with E-state index in [1.807, 2.05) is 6.07 Å². The van der Waals surface area contributed by atoms with Gasteiger partial charge in [-0.2, -0.15) is 0 Å². The maximum Gasteiger partial charge on any atom is 0.157 e. The second-order valence-corrected chi connectivity index (χ2v) is 8.47. The summed E-state index contributed by atoms with van der Waals surface area (Å²) in [7, 11) is 0. The van der Waals surface area contributed by atoms with E-state index in [9.17, 15) is 20.4 Å². The van der Waals surface area contributed by atoms with Crippen LogP contribution in [0, 0.1) is 0 Å². The molecule has 0 saturated carbocycles. The third-order valence-corrected chi connectivity index (χ3v) is 6.05. The Morgan fingerprint density at radius 2 is 1.60 bits per heavy atom. The summed E-state index contributed by atoms with van der Waals surface area (Å²) in [6, 6.07) is 8.88. The lowest BCUT2D eigenvalue weighted by Crippen LogP contribution is -2.35. The van der Waals surface area contributed by atoms with E-state index in [1.54, 1.807) is 18.2 Å². The highest BCUT2D eigenvalue weighted by molar-refractivity contribution is 5.46. The van der Waals surface area contributed by atoms with Gasteiger partial charge < -0.3 is 31.5 Å². The van der Waals surface area contributed by atoms with Gasteiger partial charge in [0.2, 0.25) is 0 Å². The Bertz CT molecular complexity index is 840. The van der Waals surface area contributed by atoms with Crippen molar-refractivity contribution in [3.63, 3.8) is 0 Å². The van der Waals surface area contributed by atoms with Gasteiger partial charge in [-0.15, -0.1) is 0 Å². The number of benzene rings is 2. The highest BCUT2D eigenvalue weighted by Crippen LogP contribution is 2.32. The maximum absolute atomic E-state index is 9.70. The lowest BCUT2D eigenvalue weighted by molar-refractivity contribution is 0.397. The number of phenolic OH excluding ortho intramolecular Hbond substituents is 4. The van der Waals surface area contributed by atoms with Crippen molar-refractivity contribution < 1.29 is 20.4 Å². The molecule has 6 nitrogen and oxygen atoms in total. The predicted molar refractivity (Wildman–Crippen MR) is 118 cm³/mol. The normalized spacial score (nSPS) is 16.9. The number of nitrogens with two attached hydrogens (primary N) is 1. The molecule has 3 rings (SSSR count). The summed E-state index contributed by atoms with van der Waals surface area (Å²) in [6.07, 6.45) is 8.87. The molecule has 2 aromatic rings. The fourth-order valence-electron chi connectivity index (χ4n) is 4.19. The van der Waals surface area contributed by atoms with E-state index in [4.69, 9.17) is 5.73 Å². The minimum atomic E-state index is -0.0912. The standard InChI is InChI=1S/C24H34N2O4/c25-19(8-5-16-6-10-21(27)22(28)12-16)4-2-1-3-11-26-20-9-7-17-14-23(29)24(30)15-18(17)13-20/h6,10,12,14-15,19-20,26-30H,1-5,7-9,11,13,25H2. The number of rotatable bonds is 10. The molecule has 0 radical (unpaired) electrons. The van der Waals surface area contributed by atoms with Crippen LogP contribution in [0.4, 0.5) is 0 Å². The smallest absolute Gasteiger partial charge is 0.157 e. The molecule has 0 heterocycles. The van der Waals surface area contributed by atoms with Gasteiger partial charge in [-0.1, -0.05) is 18.9 Å². The molecule has 164 valence electrons. The third-order valence-electron chi connectivity index (χ3n) is 6.05. The number of hydrogen-bond donors (Lipinski definition) is 6. The Balaban J connectivity index is 1.26. The Kier molecular flexibility index (Phi) is 7.82. The van der Waals surface area contributed by atoms with Crippen LogP contribution in [0.2, 0.25) is 0 Å². The van der Waals surface area contributed by atoms with E-state index >= 15 is 0 Å². The number of hydrogen-bond acceptors (Lipinski definition) is 6. The van der Waals surface area contributed by atoms with Crippen molar-refractivity contribution in [3.8, 4) is 23.0 Å². The second kappa shape index (κ2) is 10.5. The van der Waals surface area contributed by atoms with Crippen molar-refractivity contribution in [1.82, 2.24) is 5.32 Å². The first-order chi connectivity index (χ1) is 14.4. The quantitative estimate of drug-likeness (QED) is 0.262. The molecule has 2 unspecified atom stereocenters. The van der Waals surface area contributed by atoms with Crippen LogP contribution in [-0.4, -0.2) is 39.1 Å². The van der Waals surface area contributed by atoms with Crippen LogP contribution in [0.1, 0.15) is 55.2 Å². The van der Waals surface area contributed by atoms with Crippen molar-refractivity contribution in [2.75, 3.05) is 6.54 Å². The first kappa shape index (κ1) is 22.2. The van der Waals surface area contributed by atoms with E-state index in [-0.39, 0.29) is 29.0 Å². The molecule has 0 amide bonds. The molecule has 6 heteroatoms. The molecule has 30 heavy (non-hydrogen) atoms. The van der Waals surface area contributed by atoms with Crippen molar-refractivity contribution in [3.05, 3.63) is 47.0 Å². The van der Waals surface area contributed by atoms with Crippen molar-refractivity contribution >= 4 is 0 Å². The minimum absolute atomic E-state index is 0.0282. The van der Waals surface area contributed by atoms with Gasteiger partial charge in [0.25, 0.3) is 0 Å². The zero-order chi connectivity index (χ0) is 21.5. The molecule has 1 aliphatic rings. The molecule has 0 spiro atoms. The average molecular weight is 415 g/mol. The van der Waals surface area contributed by atoms with E-state index in [0.717, 1.165) is 81.0 Å². The second-order valence-electron chi connectivity index (χ2n) is 8.47. The molecule has 0 fully saturated rings. The van der Waals surface area contributed by atoms with Gasteiger partial charge in [-0.05, 0) is 92.4 Å². The van der Waals surface area contributed by atoms with Crippen LogP contribution in [0.5, 0.6) is 23.0 Å². The predicted octanol–water partition coefficient (Wildman–Crippen LogP) is 3.48. The third kappa shape index (κ3) is 6.28. The zero-order valence-corrected chi connectivity index (χ0v) is 17.5. The average Bonchev–Trinajstić information content (AvgIpc) is 2.72. The molecule has 2 atom stereocenters. The Labute approximate surface area is 178 Å². The molecule has 1 aliphatic carbocycles. The Morgan fingerprint density at radius 3 is 2.37 bits per heavy atom. The number of fused-ring (bicyclic) bond motifs is 1. The van der Waals surface area contributed by atoms with Crippen molar-refractivity contribution in [1.29, 1.82) is 0 Å². The van der Waals surface area contributed by atoms with Gasteiger partial charge in [0.1, 0.15) is 0 Å². The van der Waals surface area contributed by atoms with Crippen LogP contribution < -0.4 is 11.1 Å². The lowest BCUT2D eigenvalue weighted by Gasteiger charge is -2.26. The highest BCUT2D eigenvalue weighted by Gasteiger charge is 2.19. The van der Waals surface area contributed by atoms with Gasteiger partial charge in [0.05, 0.1) is 0 Å². The number of aryl methyl sites for hydroxylation is 2. The summed E-state index contributed by atoms with van der Waals surface area (Å²) in [5, 5.41) is 41.9. The van der Waals surface area contributed by atoms with Crippen LogP contribution in [-0.2, 0) is 19.3 Å². The summed E-state index contributed by atoms with van der Waals surface area (Å²) in [5.74, 6) is -0.232. The van der Waals surface area contributed by atoms with Gasteiger partial charge in [0, 0.05) is 12.1 Å². The van der Waals surface area contributed by atoms with Crippen LogP contribution in [0.3, 0.4) is 0 Å². The number of nitrogens with one attached hydrogen (secondary N) is 1. The van der Waals surface area contributed by atoms with E-state index < -0.39 is 0 Å². The summed E-state index contributed by atoms with van der Waals surface area (Å²) in [6.45, 7) is 0.978. The molecule has 7 N–H and O–H groups in total. The molecular weight excluding hydrogens is 380 g/mol. The van der Waals surface area contributed by atoms with Crippen molar-refractivity contribution in [2.24, 2.45) is 5.73 Å². The lowest BCUT2D eigenvalue weighted by atomic mass is 9.88. The largest absolute Gasteiger partial charge is 0.504 e. The molecule has 2 aromatic carbocycles. The van der Waals surface area contributed by atoms with E-state index in [0.29, 0.717) is 6.04 Å². The molecule has 0 aromatic heterocycles. The first-order valence-corrected chi connectivity index (χ1v) is 11.0. The summed E-state index contributed by atoms with van der Waals surface area (Å²) >= 11 is 0. The minimum Gasteiger partial charge on any atom is -0.504 e. The topological polar surface area (TPSA) is 119 Å². The molecular formula is C24H34N2O4. The van der Waals surface area contributed by atoms with Gasteiger partial charge >= 0.3 is 0 Å². The fraction of sp³-hybridized carbons (Fsp3) is 0.500.